The number of hydrogen-bond donors (Lipinski definition) is 1. The lowest BCUT2D eigenvalue weighted by molar-refractivity contribution is -0.139. The maximum Gasteiger partial charge on any atom is 0.228 e. The molecule has 128 valence electrons. The van der Waals surface area contributed by atoms with Gasteiger partial charge in [-0.05, 0) is 23.8 Å². The van der Waals surface area contributed by atoms with Gasteiger partial charge in [0.05, 0.1) is 5.75 Å². The molecule has 1 fully saturated rings. The van der Waals surface area contributed by atoms with Crippen molar-refractivity contribution in [3.05, 3.63) is 35.9 Å². The first-order valence-electron chi connectivity index (χ1n) is 7.92. The van der Waals surface area contributed by atoms with Gasteiger partial charge in [0.2, 0.25) is 15.9 Å². The van der Waals surface area contributed by atoms with Crippen LogP contribution < -0.4 is 5.14 Å². The van der Waals surface area contributed by atoms with Crippen LogP contribution in [0.3, 0.4) is 0 Å². The Kier molecular flexibility index (Phi) is 5.16. The summed E-state index contributed by atoms with van der Waals surface area (Å²) in [6.45, 7) is 6.93. The zero-order valence-corrected chi connectivity index (χ0v) is 14.8. The SMILES string of the molecule is C[C@@H]1CN(C(=O)C(C)(C)Cc2ccccc2)C[C@H]1CS(N)(=O)=O. The smallest absolute Gasteiger partial charge is 0.228 e. The molecule has 23 heavy (non-hydrogen) atoms. The number of likely N-dealkylation sites (tertiary alicyclic amines) is 1. The molecule has 6 heteroatoms. The average molecular weight is 338 g/mol. The Hall–Kier alpha value is -1.40. The highest BCUT2D eigenvalue weighted by Gasteiger charge is 2.39. The number of hydrogen-bond acceptors (Lipinski definition) is 3. The molecule has 1 saturated heterocycles. The van der Waals surface area contributed by atoms with Crippen molar-refractivity contribution in [2.24, 2.45) is 22.4 Å². The standard InChI is InChI=1S/C17H26N2O3S/c1-13-10-19(11-15(13)12-23(18,21)22)16(20)17(2,3)9-14-7-5-4-6-8-14/h4-8,13,15H,9-12H2,1-3H3,(H2,18,21,22)/t13-,15+/m1/s1. The van der Waals surface area contributed by atoms with Crippen LogP contribution in [0.5, 0.6) is 0 Å². The number of primary sulfonamides is 1. The third-order valence-corrected chi connectivity index (χ3v) is 5.46. The van der Waals surface area contributed by atoms with Gasteiger partial charge in [-0.1, -0.05) is 51.1 Å². The van der Waals surface area contributed by atoms with Crippen molar-refractivity contribution in [1.82, 2.24) is 4.90 Å². The van der Waals surface area contributed by atoms with E-state index in [0.717, 1.165) is 5.56 Å². The van der Waals surface area contributed by atoms with Gasteiger partial charge in [0, 0.05) is 18.5 Å². The van der Waals surface area contributed by atoms with E-state index in [2.05, 4.69) is 0 Å². The Balaban J connectivity index is 2.05. The van der Waals surface area contributed by atoms with Gasteiger partial charge in [-0.25, -0.2) is 13.6 Å². The Morgan fingerprint density at radius 3 is 2.43 bits per heavy atom. The maximum atomic E-state index is 12.9. The molecule has 0 aromatic heterocycles. The Labute approximate surface area is 138 Å². The number of amides is 1. The van der Waals surface area contributed by atoms with Crippen LogP contribution in [0.1, 0.15) is 26.3 Å². The fourth-order valence-corrected chi connectivity index (χ4v) is 4.36. The quantitative estimate of drug-likeness (QED) is 0.886. The van der Waals surface area contributed by atoms with E-state index in [0.29, 0.717) is 19.5 Å². The Morgan fingerprint density at radius 1 is 1.26 bits per heavy atom. The molecule has 1 amide bonds. The highest BCUT2D eigenvalue weighted by atomic mass is 32.2. The number of rotatable bonds is 5. The van der Waals surface area contributed by atoms with Crippen molar-refractivity contribution < 1.29 is 13.2 Å². The van der Waals surface area contributed by atoms with Crippen LogP contribution in [0.15, 0.2) is 30.3 Å². The van der Waals surface area contributed by atoms with Gasteiger partial charge in [0.15, 0.2) is 0 Å². The summed E-state index contributed by atoms with van der Waals surface area (Å²) in [5.41, 5.74) is 0.608. The topological polar surface area (TPSA) is 80.5 Å². The molecule has 2 N–H and O–H groups in total. The molecule has 0 saturated carbocycles. The molecule has 1 aliphatic rings. The summed E-state index contributed by atoms with van der Waals surface area (Å²) >= 11 is 0. The zero-order chi connectivity index (χ0) is 17.3. The molecule has 2 atom stereocenters. The molecule has 0 unspecified atom stereocenters. The number of benzene rings is 1. The van der Waals surface area contributed by atoms with Crippen LogP contribution >= 0.6 is 0 Å². The predicted octanol–water partition coefficient (Wildman–Crippen LogP) is 1.64. The van der Waals surface area contributed by atoms with Crippen LogP contribution in [0.25, 0.3) is 0 Å². The summed E-state index contributed by atoms with van der Waals surface area (Å²) in [4.78, 5) is 14.7. The lowest BCUT2D eigenvalue weighted by atomic mass is 9.84. The number of carbonyl (C=O) groups is 1. The van der Waals surface area contributed by atoms with Gasteiger partial charge in [-0.15, -0.1) is 0 Å². The van der Waals surface area contributed by atoms with Crippen LogP contribution in [-0.4, -0.2) is 38.1 Å². The summed E-state index contributed by atoms with van der Waals surface area (Å²) in [5.74, 6) is 0.0771. The van der Waals surface area contributed by atoms with E-state index in [-0.39, 0.29) is 23.5 Å². The molecule has 0 spiro atoms. The van der Waals surface area contributed by atoms with E-state index in [1.54, 1.807) is 4.90 Å². The summed E-state index contributed by atoms with van der Waals surface area (Å²) < 4.78 is 22.6. The highest BCUT2D eigenvalue weighted by Crippen LogP contribution is 2.30. The molecule has 0 radical (unpaired) electrons. The van der Waals surface area contributed by atoms with Crippen LogP contribution in [0.2, 0.25) is 0 Å². The van der Waals surface area contributed by atoms with Crippen molar-refractivity contribution in [2.75, 3.05) is 18.8 Å². The first-order chi connectivity index (χ1) is 10.6. The fraction of sp³-hybridized carbons (Fsp3) is 0.588. The Bertz CT molecular complexity index is 656. The van der Waals surface area contributed by atoms with E-state index < -0.39 is 15.4 Å². The number of nitrogens with zero attached hydrogens (tertiary/aromatic N) is 1. The van der Waals surface area contributed by atoms with Crippen molar-refractivity contribution >= 4 is 15.9 Å². The van der Waals surface area contributed by atoms with Crippen LogP contribution in [-0.2, 0) is 21.2 Å². The van der Waals surface area contributed by atoms with Gasteiger partial charge in [-0.3, -0.25) is 4.79 Å². The largest absolute Gasteiger partial charge is 0.342 e. The van der Waals surface area contributed by atoms with Gasteiger partial charge in [0.1, 0.15) is 0 Å². The van der Waals surface area contributed by atoms with Crippen molar-refractivity contribution in [3.63, 3.8) is 0 Å². The lowest BCUT2D eigenvalue weighted by Gasteiger charge is -2.29. The molecule has 1 aliphatic heterocycles. The molecule has 1 aromatic carbocycles. The summed E-state index contributed by atoms with van der Waals surface area (Å²) in [6, 6.07) is 9.93. The second-order valence-corrected chi connectivity index (χ2v) is 8.98. The number of nitrogens with two attached hydrogens (primary N) is 1. The molecule has 0 bridgehead atoms. The molecular formula is C17H26N2O3S. The first kappa shape index (κ1) is 17.9. The molecular weight excluding hydrogens is 312 g/mol. The number of carbonyl (C=O) groups excluding carboxylic acids is 1. The van der Waals surface area contributed by atoms with E-state index in [9.17, 15) is 13.2 Å². The predicted molar refractivity (Wildman–Crippen MR) is 91.1 cm³/mol. The van der Waals surface area contributed by atoms with Crippen molar-refractivity contribution in [1.29, 1.82) is 0 Å². The third kappa shape index (κ3) is 4.78. The summed E-state index contributed by atoms with van der Waals surface area (Å²) in [6.07, 6.45) is 0.664. The molecule has 0 aliphatic carbocycles. The molecule has 1 heterocycles. The van der Waals surface area contributed by atoms with Gasteiger partial charge in [-0.2, -0.15) is 0 Å². The fourth-order valence-electron chi connectivity index (χ4n) is 3.33. The van der Waals surface area contributed by atoms with Crippen LogP contribution in [0.4, 0.5) is 0 Å². The lowest BCUT2D eigenvalue weighted by Crippen LogP contribution is -2.41. The van der Waals surface area contributed by atoms with E-state index in [4.69, 9.17) is 5.14 Å². The summed E-state index contributed by atoms with van der Waals surface area (Å²) in [7, 11) is -3.51. The minimum atomic E-state index is -3.51. The first-order valence-corrected chi connectivity index (χ1v) is 9.64. The van der Waals surface area contributed by atoms with Crippen LogP contribution in [0, 0.1) is 17.3 Å². The monoisotopic (exact) mass is 338 g/mol. The van der Waals surface area contributed by atoms with Gasteiger partial charge >= 0.3 is 0 Å². The van der Waals surface area contributed by atoms with E-state index in [1.165, 1.54) is 0 Å². The second kappa shape index (κ2) is 6.61. The molecule has 1 aromatic rings. The summed E-state index contributed by atoms with van der Waals surface area (Å²) in [5, 5.41) is 5.16. The van der Waals surface area contributed by atoms with E-state index >= 15 is 0 Å². The maximum absolute atomic E-state index is 12.9. The molecule has 5 nitrogen and oxygen atoms in total. The average Bonchev–Trinajstić information content (AvgIpc) is 2.77. The van der Waals surface area contributed by atoms with E-state index in [1.807, 2.05) is 51.1 Å². The van der Waals surface area contributed by atoms with Crippen molar-refractivity contribution in [3.8, 4) is 0 Å². The van der Waals surface area contributed by atoms with Gasteiger partial charge < -0.3 is 4.90 Å². The Morgan fingerprint density at radius 2 is 1.87 bits per heavy atom. The third-order valence-electron chi connectivity index (χ3n) is 4.57. The minimum Gasteiger partial charge on any atom is -0.342 e. The second-order valence-electron chi connectivity index (χ2n) is 7.32. The number of sulfonamides is 1. The highest BCUT2D eigenvalue weighted by molar-refractivity contribution is 7.89. The van der Waals surface area contributed by atoms with Crippen molar-refractivity contribution in [2.45, 2.75) is 27.2 Å². The molecule has 2 rings (SSSR count). The van der Waals surface area contributed by atoms with Gasteiger partial charge in [0.25, 0.3) is 0 Å². The zero-order valence-electron chi connectivity index (χ0n) is 14.0. The minimum absolute atomic E-state index is 0.0585. The normalized spacial score (nSPS) is 22.3.